The number of rotatable bonds is 6. The van der Waals surface area contributed by atoms with Crippen LogP contribution < -0.4 is 20.7 Å². The maximum atomic E-state index is 12.2. The molecule has 7 heteroatoms. The highest BCUT2D eigenvalue weighted by molar-refractivity contribution is 8.00. The van der Waals surface area contributed by atoms with Crippen LogP contribution in [0.4, 0.5) is 4.79 Å². The Bertz CT molecular complexity index is 669. The van der Waals surface area contributed by atoms with Gasteiger partial charge in [0.15, 0.2) is 0 Å². The van der Waals surface area contributed by atoms with Crippen molar-refractivity contribution in [3.63, 3.8) is 0 Å². The van der Waals surface area contributed by atoms with E-state index in [0.717, 1.165) is 36.3 Å². The summed E-state index contributed by atoms with van der Waals surface area (Å²) >= 11 is 1.92. The highest BCUT2D eigenvalue weighted by Crippen LogP contribution is 2.33. The summed E-state index contributed by atoms with van der Waals surface area (Å²) in [7, 11) is 0. The van der Waals surface area contributed by atoms with E-state index in [2.05, 4.69) is 16.0 Å². The predicted molar refractivity (Wildman–Crippen MR) is 96.8 cm³/mol. The number of benzene rings is 1. The smallest absolute Gasteiger partial charge is 0.315 e. The number of carbonyl (C=O) groups is 2. The SMILES string of the molecule is O=C(CCCC[C@@H]1SC[C@@H]2NC(=O)N[C@H]21)N[C@@H]1COc2ccccc21. The fraction of sp³-hybridized carbons (Fsp3) is 0.556. The number of carbonyl (C=O) groups excluding carboxylic acids is 2. The molecule has 134 valence electrons. The van der Waals surface area contributed by atoms with Crippen molar-refractivity contribution >= 4 is 23.7 Å². The van der Waals surface area contributed by atoms with Gasteiger partial charge in [-0.25, -0.2) is 4.79 Å². The lowest BCUT2D eigenvalue weighted by atomic mass is 10.0. The van der Waals surface area contributed by atoms with E-state index in [1.807, 2.05) is 36.0 Å². The van der Waals surface area contributed by atoms with E-state index in [-0.39, 0.29) is 30.1 Å². The topological polar surface area (TPSA) is 79.5 Å². The van der Waals surface area contributed by atoms with Crippen LogP contribution in [0, 0.1) is 0 Å². The Morgan fingerprint density at radius 2 is 2.16 bits per heavy atom. The van der Waals surface area contributed by atoms with Crippen LogP contribution in [0.15, 0.2) is 24.3 Å². The van der Waals surface area contributed by atoms with Crippen molar-refractivity contribution in [2.24, 2.45) is 0 Å². The molecule has 3 amide bonds. The summed E-state index contributed by atoms with van der Waals surface area (Å²) in [5, 5.41) is 9.50. The molecule has 3 heterocycles. The molecule has 0 unspecified atom stereocenters. The van der Waals surface area contributed by atoms with E-state index in [0.29, 0.717) is 18.3 Å². The molecule has 0 aromatic heterocycles. The lowest BCUT2D eigenvalue weighted by Gasteiger charge is -2.16. The van der Waals surface area contributed by atoms with Gasteiger partial charge in [-0.05, 0) is 18.9 Å². The Balaban J connectivity index is 1.17. The number of fused-ring (bicyclic) bond motifs is 2. The standard InChI is InChI=1S/C18H23N3O3S/c22-16(19-12-9-24-14-6-2-1-5-11(12)14)8-4-3-7-15-17-13(10-25-15)20-18(23)21-17/h1-2,5-6,12-13,15,17H,3-4,7-10H2,(H,19,22)(H2,20,21,23)/t12-,13+,15+,17-/m1/s1. The minimum atomic E-state index is -0.0428. The second-order valence-corrected chi connectivity index (χ2v) is 8.11. The Hall–Kier alpha value is -1.89. The van der Waals surface area contributed by atoms with Gasteiger partial charge in [-0.2, -0.15) is 11.8 Å². The van der Waals surface area contributed by atoms with Crippen molar-refractivity contribution in [3.05, 3.63) is 29.8 Å². The van der Waals surface area contributed by atoms with Crippen LogP contribution in [-0.4, -0.2) is 41.6 Å². The van der Waals surface area contributed by atoms with Crippen LogP contribution in [0.25, 0.3) is 0 Å². The highest BCUT2D eigenvalue weighted by Gasteiger charge is 2.42. The van der Waals surface area contributed by atoms with Crippen molar-refractivity contribution < 1.29 is 14.3 Å². The van der Waals surface area contributed by atoms with Gasteiger partial charge in [-0.15, -0.1) is 0 Å². The van der Waals surface area contributed by atoms with Gasteiger partial charge in [0.1, 0.15) is 12.4 Å². The van der Waals surface area contributed by atoms with Gasteiger partial charge in [0.05, 0.1) is 18.1 Å². The van der Waals surface area contributed by atoms with Gasteiger partial charge >= 0.3 is 6.03 Å². The van der Waals surface area contributed by atoms with Crippen molar-refractivity contribution in [1.82, 2.24) is 16.0 Å². The zero-order valence-electron chi connectivity index (χ0n) is 14.0. The van der Waals surface area contributed by atoms with Crippen molar-refractivity contribution in [2.45, 2.75) is 49.1 Å². The van der Waals surface area contributed by atoms with Crippen molar-refractivity contribution in [1.29, 1.82) is 0 Å². The molecule has 0 radical (unpaired) electrons. The largest absolute Gasteiger partial charge is 0.491 e. The summed E-state index contributed by atoms with van der Waals surface area (Å²) in [6.07, 6.45) is 3.45. The Kier molecular flexibility index (Phi) is 4.74. The number of para-hydroxylation sites is 1. The summed E-state index contributed by atoms with van der Waals surface area (Å²) in [5.74, 6) is 1.93. The summed E-state index contributed by atoms with van der Waals surface area (Å²) < 4.78 is 5.60. The zero-order chi connectivity index (χ0) is 17.2. The molecule has 2 fully saturated rings. The molecule has 0 saturated carbocycles. The second kappa shape index (κ2) is 7.15. The van der Waals surface area contributed by atoms with Crippen molar-refractivity contribution in [3.8, 4) is 5.75 Å². The normalized spacial score (nSPS) is 29.4. The molecule has 4 atom stereocenters. The van der Waals surface area contributed by atoms with Gasteiger partial charge in [-0.1, -0.05) is 24.6 Å². The molecule has 0 aliphatic carbocycles. The van der Waals surface area contributed by atoms with E-state index in [1.54, 1.807) is 0 Å². The van der Waals surface area contributed by atoms with Gasteiger partial charge in [0.25, 0.3) is 0 Å². The molecular weight excluding hydrogens is 338 g/mol. The predicted octanol–water partition coefficient (Wildman–Crippen LogP) is 1.96. The molecule has 4 rings (SSSR count). The third-order valence-electron chi connectivity index (χ3n) is 5.12. The number of hydrogen-bond donors (Lipinski definition) is 3. The van der Waals surface area contributed by atoms with E-state index >= 15 is 0 Å². The van der Waals surface area contributed by atoms with Crippen LogP contribution in [-0.2, 0) is 4.79 Å². The number of nitrogens with one attached hydrogen (secondary N) is 3. The number of unbranched alkanes of at least 4 members (excludes halogenated alkanes) is 1. The van der Waals surface area contributed by atoms with Crippen molar-refractivity contribution in [2.75, 3.05) is 12.4 Å². The number of amides is 3. The van der Waals surface area contributed by atoms with Crippen LogP contribution in [0.3, 0.4) is 0 Å². The van der Waals surface area contributed by atoms with E-state index in [4.69, 9.17) is 4.74 Å². The summed E-state index contributed by atoms with van der Waals surface area (Å²) in [5.41, 5.74) is 1.06. The lowest BCUT2D eigenvalue weighted by Crippen LogP contribution is -2.36. The Morgan fingerprint density at radius 1 is 1.28 bits per heavy atom. The van der Waals surface area contributed by atoms with E-state index < -0.39 is 0 Å². The summed E-state index contributed by atoms with van der Waals surface area (Å²) in [6, 6.07) is 8.29. The van der Waals surface area contributed by atoms with Gasteiger partial charge in [0.2, 0.25) is 5.91 Å². The van der Waals surface area contributed by atoms with Crippen LogP contribution in [0.5, 0.6) is 5.75 Å². The maximum absolute atomic E-state index is 12.2. The molecule has 1 aromatic rings. The monoisotopic (exact) mass is 361 g/mol. The fourth-order valence-electron chi connectivity index (χ4n) is 3.82. The van der Waals surface area contributed by atoms with Crippen LogP contribution in [0.2, 0.25) is 0 Å². The van der Waals surface area contributed by atoms with Gasteiger partial charge < -0.3 is 20.7 Å². The molecule has 6 nitrogen and oxygen atoms in total. The second-order valence-electron chi connectivity index (χ2n) is 6.84. The van der Waals surface area contributed by atoms with Crippen LogP contribution in [0.1, 0.15) is 37.3 Å². The third-order valence-corrected chi connectivity index (χ3v) is 6.62. The first-order chi connectivity index (χ1) is 12.2. The molecule has 2 saturated heterocycles. The summed E-state index contributed by atoms with van der Waals surface area (Å²) in [4.78, 5) is 23.6. The van der Waals surface area contributed by atoms with Crippen LogP contribution >= 0.6 is 11.8 Å². The first-order valence-electron chi connectivity index (χ1n) is 8.90. The van der Waals surface area contributed by atoms with Gasteiger partial charge in [0, 0.05) is 23.0 Å². The average molecular weight is 361 g/mol. The zero-order valence-corrected chi connectivity index (χ0v) is 14.8. The molecule has 3 N–H and O–H groups in total. The highest BCUT2D eigenvalue weighted by atomic mass is 32.2. The number of ether oxygens (including phenoxy) is 1. The fourth-order valence-corrected chi connectivity index (χ4v) is 5.37. The Morgan fingerprint density at radius 3 is 3.08 bits per heavy atom. The number of thioether (sulfide) groups is 1. The first-order valence-corrected chi connectivity index (χ1v) is 9.95. The molecule has 1 aromatic carbocycles. The molecular formula is C18H23N3O3S. The first kappa shape index (κ1) is 16.6. The van der Waals surface area contributed by atoms with Gasteiger partial charge in [-0.3, -0.25) is 4.79 Å². The minimum absolute atomic E-state index is 0.0328. The molecule has 3 aliphatic rings. The number of hydrogen-bond acceptors (Lipinski definition) is 4. The quantitative estimate of drug-likeness (QED) is 0.535. The Labute approximate surface area is 151 Å². The molecule has 3 aliphatic heterocycles. The summed E-state index contributed by atoms with van der Waals surface area (Å²) in [6.45, 7) is 0.513. The maximum Gasteiger partial charge on any atom is 0.315 e. The molecule has 0 spiro atoms. The lowest BCUT2D eigenvalue weighted by molar-refractivity contribution is -0.122. The average Bonchev–Trinajstić information content (AvgIpc) is 3.27. The molecule has 0 bridgehead atoms. The third kappa shape index (κ3) is 3.56. The van der Waals surface area contributed by atoms with E-state index in [1.165, 1.54) is 0 Å². The van der Waals surface area contributed by atoms with E-state index in [9.17, 15) is 9.59 Å². The molecule has 25 heavy (non-hydrogen) atoms. The number of urea groups is 1. The minimum Gasteiger partial charge on any atom is -0.491 e.